The zero-order chi connectivity index (χ0) is 12.3. The molecule has 1 atom stereocenters. The van der Waals surface area contributed by atoms with Crippen molar-refractivity contribution in [1.29, 1.82) is 0 Å². The summed E-state index contributed by atoms with van der Waals surface area (Å²) in [5.74, 6) is 5.07. The van der Waals surface area contributed by atoms with Gasteiger partial charge < -0.3 is 0 Å². The number of hydrazine groups is 1. The van der Waals surface area contributed by atoms with Crippen LogP contribution in [-0.2, 0) is 13.0 Å². The van der Waals surface area contributed by atoms with Crippen LogP contribution in [-0.4, -0.2) is 22.2 Å². The van der Waals surface area contributed by atoms with Gasteiger partial charge in [0.25, 0.3) is 6.43 Å². The second-order valence-corrected chi connectivity index (χ2v) is 3.85. The molecule has 0 saturated carbocycles. The van der Waals surface area contributed by atoms with E-state index >= 15 is 0 Å². The van der Waals surface area contributed by atoms with E-state index in [2.05, 4.69) is 10.5 Å². The number of nitrogens with two attached hydrogens (primary N) is 1. The van der Waals surface area contributed by atoms with Crippen LogP contribution in [0.15, 0.2) is 0 Å². The maximum absolute atomic E-state index is 12.5. The molecule has 7 heteroatoms. The minimum absolute atomic E-state index is 0.0572. The quantitative estimate of drug-likeness (QED) is 0.617. The molecule has 1 aromatic rings. The smallest absolute Gasteiger partial charge is 0.255 e. The summed E-state index contributed by atoms with van der Waals surface area (Å²) in [7, 11) is 0. The maximum atomic E-state index is 12.5. The maximum Gasteiger partial charge on any atom is 0.255 e. The van der Waals surface area contributed by atoms with Gasteiger partial charge in [0, 0.05) is 13.0 Å². The topological polar surface area (TPSA) is 55.9 Å². The van der Waals surface area contributed by atoms with Gasteiger partial charge in [-0.05, 0) is 13.8 Å². The van der Waals surface area contributed by atoms with Gasteiger partial charge >= 0.3 is 0 Å². The van der Waals surface area contributed by atoms with Gasteiger partial charge in [-0.2, -0.15) is 5.10 Å². The van der Waals surface area contributed by atoms with E-state index in [-0.39, 0.29) is 6.42 Å². The molecule has 0 aliphatic rings. The van der Waals surface area contributed by atoms with Crippen molar-refractivity contribution in [3.05, 3.63) is 16.4 Å². The average molecular weight is 253 g/mol. The second-order valence-electron chi connectivity index (χ2n) is 3.47. The Balaban J connectivity index is 2.94. The standard InChI is InChI=1S/C9H15ClF2N4/c1-3-16-7(8(10)5(2)15-16)4-6(14-13)9(11)12/h6,9,14H,3-4,13H2,1-2H3. The fourth-order valence-electron chi connectivity index (χ4n) is 1.49. The summed E-state index contributed by atoms with van der Waals surface area (Å²) in [5.41, 5.74) is 3.32. The van der Waals surface area contributed by atoms with Crippen LogP contribution in [0.25, 0.3) is 0 Å². The molecule has 0 aliphatic carbocycles. The highest BCUT2D eigenvalue weighted by molar-refractivity contribution is 6.31. The Morgan fingerprint density at radius 3 is 2.62 bits per heavy atom. The summed E-state index contributed by atoms with van der Waals surface area (Å²) in [5, 5.41) is 4.58. The molecule has 1 heterocycles. The Hall–Kier alpha value is -0.720. The molecule has 0 fully saturated rings. The van der Waals surface area contributed by atoms with Gasteiger partial charge in [0.1, 0.15) is 0 Å². The average Bonchev–Trinajstić information content (AvgIpc) is 2.51. The molecule has 0 aliphatic heterocycles. The van der Waals surface area contributed by atoms with Crippen LogP contribution in [0, 0.1) is 6.92 Å². The second kappa shape index (κ2) is 5.56. The number of nitrogens with one attached hydrogen (secondary N) is 1. The van der Waals surface area contributed by atoms with E-state index in [4.69, 9.17) is 17.4 Å². The fourth-order valence-corrected chi connectivity index (χ4v) is 1.71. The predicted molar refractivity (Wildman–Crippen MR) is 58.5 cm³/mol. The molecule has 1 aromatic heterocycles. The molecule has 0 bridgehead atoms. The van der Waals surface area contributed by atoms with Crippen LogP contribution in [0.5, 0.6) is 0 Å². The van der Waals surface area contributed by atoms with Gasteiger partial charge in [-0.3, -0.25) is 16.0 Å². The van der Waals surface area contributed by atoms with Gasteiger partial charge in [-0.25, -0.2) is 8.78 Å². The Labute approximate surface area is 97.7 Å². The molecule has 1 unspecified atom stereocenters. The van der Waals surface area contributed by atoms with E-state index in [0.29, 0.717) is 23.0 Å². The first kappa shape index (κ1) is 13.3. The molecule has 92 valence electrons. The molecule has 0 amide bonds. The first-order chi connectivity index (χ1) is 7.51. The number of hydrogen-bond acceptors (Lipinski definition) is 3. The highest BCUT2D eigenvalue weighted by Gasteiger charge is 2.23. The Bertz CT molecular complexity index is 354. The fraction of sp³-hybridized carbons (Fsp3) is 0.667. The summed E-state index contributed by atoms with van der Waals surface area (Å²) in [6, 6.07) is -1.11. The number of aromatic nitrogens is 2. The SMILES string of the molecule is CCn1nc(C)c(Cl)c1CC(NN)C(F)F. The molecule has 0 radical (unpaired) electrons. The Morgan fingerprint density at radius 2 is 2.19 bits per heavy atom. The molecular weight excluding hydrogens is 238 g/mol. The van der Waals surface area contributed by atoms with Crippen molar-refractivity contribution in [2.75, 3.05) is 0 Å². The number of halogens is 3. The monoisotopic (exact) mass is 252 g/mol. The lowest BCUT2D eigenvalue weighted by molar-refractivity contribution is 0.0974. The number of nitrogens with zero attached hydrogens (tertiary/aromatic N) is 2. The summed E-state index contributed by atoms with van der Waals surface area (Å²) in [4.78, 5) is 0. The highest BCUT2D eigenvalue weighted by Crippen LogP contribution is 2.22. The zero-order valence-corrected chi connectivity index (χ0v) is 9.93. The third kappa shape index (κ3) is 2.69. The number of alkyl halides is 2. The third-order valence-corrected chi connectivity index (χ3v) is 2.88. The van der Waals surface area contributed by atoms with E-state index in [0.717, 1.165) is 0 Å². The van der Waals surface area contributed by atoms with Crippen LogP contribution >= 0.6 is 11.6 Å². The molecule has 16 heavy (non-hydrogen) atoms. The van der Waals surface area contributed by atoms with E-state index < -0.39 is 12.5 Å². The normalized spacial score (nSPS) is 13.4. The van der Waals surface area contributed by atoms with Crippen molar-refractivity contribution in [3.63, 3.8) is 0 Å². The Kier molecular flexibility index (Phi) is 4.64. The summed E-state index contributed by atoms with van der Waals surface area (Å²) < 4.78 is 26.7. The summed E-state index contributed by atoms with van der Waals surface area (Å²) in [6.07, 6.45) is -2.48. The molecule has 4 nitrogen and oxygen atoms in total. The number of hydrogen-bond donors (Lipinski definition) is 2. The van der Waals surface area contributed by atoms with Crippen molar-refractivity contribution in [3.8, 4) is 0 Å². The lowest BCUT2D eigenvalue weighted by atomic mass is 10.1. The van der Waals surface area contributed by atoms with E-state index in [1.165, 1.54) is 0 Å². The van der Waals surface area contributed by atoms with Crippen LogP contribution in [0.3, 0.4) is 0 Å². The van der Waals surface area contributed by atoms with Crippen LogP contribution in [0.1, 0.15) is 18.3 Å². The summed E-state index contributed by atoms with van der Waals surface area (Å²) in [6.45, 7) is 4.20. The largest absolute Gasteiger partial charge is 0.271 e. The van der Waals surface area contributed by atoms with Crippen LogP contribution in [0.4, 0.5) is 8.78 Å². The summed E-state index contributed by atoms with van der Waals surface area (Å²) >= 11 is 6.00. The third-order valence-electron chi connectivity index (χ3n) is 2.38. The molecule has 0 saturated heterocycles. The van der Waals surface area contributed by atoms with Gasteiger partial charge in [0.15, 0.2) is 0 Å². The first-order valence-electron chi connectivity index (χ1n) is 4.97. The van der Waals surface area contributed by atoms with E-state index in [1.807, 2.05) is 6.92 Å². The van der Waals surface area contributed by atoms with Gasteiger partial charge in [-0.15, -0.1) is 0 Å². The van der Waals surface area contributed by atoms with Crippen molar-refractivity contribution in [2.24, 2.45) is 5.84 Å². The minimum atomic E-state index is -2.54. The Morgan fingerprint density at radius 1 is 1.56 bits per heavy atom. The van der Waals surface area contributed by atoms with Crippen LogP contribution < -0.4 is 11.3 Å². The molecule has 1 rings (SSSR count). The zero-order valence-electron chi connectivity index (χ0n) is 9.17. The van der Waals surface area contributed by atoms with Crippen LogP contribution in [0.2, 0.25) is 5.02 Å². The highest BCUT2D eigenvalue weighted by atomic mass is 35.5. The van der Waals surface area contributed by atoms with Gasteiger partial charge in [-0.1, -0.05) is 11.6 Å². The predicted octanol–water partition coefficient (Wildman–Crippen LogP) is 1.50. The first-order valence-corrected chi connectivity index (χ1v) is 5.35. The van der Waals surface area contributed by atoms with Crippen molar-refractivity contribution < 1.29 is 8.78 Å². The van der Waals surface area contributed by atoms with E-state index in [9.17, 15) is 8.78 Å². The number of aryl methyl sites for hydroxylation is 2. The van der Waals surface area contributed by atoms with Gasteiger partial charge in [0.05, 0.1) is 22.5 Å². The van der Waals surface area contributed by atoms with E-state index in [1.54, 1.807) is 11.6 Å². The molecular formula is C9H15ClF2N4. The lowest BCUT2D eigenvalue weighted by Gasteiger charge is -2.15. The molecule has 3 N–H and O–H groups in total. The van der Waals surface area contributed by atoms with Gasteiger partial charge in [0.2, 0.25) is 0 Å². The number of rotatable bonds is 5. The van der Waals surface area contributed by atoms with Crippen molar-refractivity contribution in [2.45, 2.75) is 39.3 Å². The molecule has 0 spiro atoms. The van der Waals surface area contributed by atoms with Crippen molar-refractivity contribution in [1.82, 2.24) is 15.2 Å². The molecule has 0 aromatic carbocycles. The van der Waals surface area contributed by atoms with Crippen molar-refractivity contribution >= 4 is 11.6 Å². The lowest BCUT2D eigenvalue weighted by Crippen LogP contribution is -2.42. The minimum Gasteiger partial charge on any atom is -0.271 e.